The number of para-hydroxylation sites is 2. The summed E-state index contributed by atoms with van der Waals surface area (Å²) in [5.41, 5.74) is 8.51. The predicted molar refractivity (Wildman–Crippen MR) is 75.9 cm³/mol. The van der Waals surface area contributed by atoms with Crippen molar-refractivity contribution in [2.24, 2.45) is 11.7 Å². The Morgan fingerprint density at radius 3 is 2.95 bits per heavy atom. The largest absolute Gasteiger partial charge is 0.381 e. The van der Waals surface area contributed by atoms with Gasteiger partial charge in [0.1, 0.15) is 0 Å². The minimum atomic E-state index is 0.195. The molecule has 2 aromatic rings. The molecule has 2 heterocycles. The molecule has 1 fully saturated rings. The lowest BCUT2D eigenvalue weighted by molar-refractivity contribution is 0.0614. The molecule has 0 amide bonds. The number of aromatic nitrogens is 2. The highest BCUT2D eigenvalue weighted by Crippen LogP contribution is 2.21. The Bertz CT molecular complexity index is 531. The monoisotopic (exact) mass is 259 g/mol. The highest BCUT2D eigenvalue weighted by atomic mass is 16.5. The van der Waals surface area contributed by atoms with Gasteiger partial charge >= 0.3 is 0 Å². The van der Waals surface area contributed by atoms with E-state index in [1.165, 1.54) is 5.52 Å². The second kappa shape index (κ2) is 5.72. The summed E-state index contributed by atoms with van der Waals surface area (Å²) in [7, 11) is 0. The van der Waals surface area contributed by atoms with Crippen molar-refractivity contribution in [1.29, 1.82) is 0 Å². The second-order valence-electron chi connectivity index (χ2n) is 5.44. The molecule has 1 aliphatic heterocycles. The van der Waals surface area contributed by atoms with E-state index >= 15 is 0 Å². The molecule has 3 rings (SSSR count). The van der Waals surface area contributed by atoms with Crippen LogP contribution in [0.5, 0.6) is 0 Å². The summed E-state index contributed by atoms with van der Waals surface area (Å²) in [6.07, 6.45) is 5.28. The Hall–Kier alpha value is -1.39. The van der Waals surface area contributed by atoms with Crippen LogP contribution in [-0.2, 0) is 11.3 Å². The van der Waals surface area contributed by atoms with Gasteiger partial charge in [0.2, 0.25) is 0 Å². The molecule has 0 bridgehead atoms. The Balaban J connectivity index is 1.63. The van der Waals surface area contributed by atoms with E-state index in [-0.39, 0.29) is 6.04 Å². The summed E-state index contributed by atoms with van der Waals surface area (Å²) in [5, 5.41) is 0. The highest BCUT2D eigenvalue weighted by molar-refractivity contribution is 5.74. The summed E-state index contributed by atoms with van der Waals surface area (Å²) in [4.78, 5) is 4.41. The summed E-state index contributed by atoms with van der Waals surface area (Å²) in [6, 6.07) is 8.39. The average molecular weight is 259 g/mol. The molecule has 2 N–H and O–H groups in total. The molecule has 1 aromatic heterocycles. The molecule has 19 heavy (non-hydrogen) atoms. The van der Waals surface area contributed by atoms with Crippen LogP contribution >= 0.6 is 0 Å². The van der Waals surface area contributed by atoms with Crippen LogP contribution in [0.2, 0.25) is 0 Å². The zero-order chi connectivity index (χ0) is 13.1. The fourth-order valence-corrected chi connectivity index (χ4v) is 2.89. The summed E-state index contributed by atoms with van der Waals surface area (Å²) >= 11 is 0. The Kier molecular flexibility index (Phi) is 3.80. The first-order valence-corrected chi connectivity index (χ1v) is 7.06. The molecular formula is C15H21N3O. The number of imidazole rings is 1. The molecule has 1 unspecified atom stereocenters. The Labute approximate surface area is 113 Å². The summed E-state index contributed by atoms with van der Waals surface area (Å²) < 4.78 is 7.55. The number of rotatable bonds is 4. The highest BCUT2D eigenvalue weighted by Gasteiger charge is 2.17. The van der Waals surface area contributed by atoms with Crippen molar-refractivity contribution < 1.29 is 4.74 Å². The van der Waals surface area contributed by atoms with Crippen molar-refractivity contribution in [1.82, 2.24) is 9.55 Å². The van der Waals surface area contributed by atoms with Gasteiger partial charge in [-0.05, 0) is 37.3 Å². The molecular weight excluding hydrogens is 238 g/mol. The zero-order valence-electron chi connectivity index (χ0n) is 11.2. The predicted octanol–water partition coefficient (Wildman–Crippen LogP) is 2.18. The minimum Gasteiger partial charge on any atom is -0.381 e. The maximum Gasteiger partial charge on any atom is 0.0958 e. The molecule has 1 aliphatic rings. The van der Waals surface area contributed by atoms with Crippen LogP contribution in [0.3, 0.4) is 0 Å². The molecule has 0 spiro atoms. The number of benzene rings is 1. The number of fused-ring (bicyclic) bond motifs is 1. The molecule has 1 saturated heterocycles. The van der Waals surface area contributed by atoms with Crippen molar-refractivity contribution in [3.63, 3.8) is 0 Å². The maximum absolute atomic E-state index is 6.30. The van der Waals surface area contributed by atoms with Crippen molar-refractivity contribution in [3.8, 4) is 0 Å². The first-order chi connectivity index (χ1) is 9.33. The van der Waals surface area contributed by atoms with E-state index in [0.29, 0.717) is 0 Å². The van der Waals surface area contributed by atoms with Crippen LogP contribution in [0, 0.1) is 5.92 Å². The van der Waals surface area contributed by atoms with Crippen LogP contribution < -0.4 is 5.73 Å². The molecule has 4 heteroatoms. The summed E-state index contributed by atoms with van der Waals surface area (Å²) in [6.45, 7) is 2.63. The standard InChI is InChI=1S/C15H21N3O/c16-13(9-12-5-7-19-8-6-12)10-18-11-17-14-3-1-2-4-15(14)18/h1-4,11-13H,5-10,16H2. The van der Waals surface area contributed by atoms with Gasteiger partial charge in [-0.1, -0.05) is 12.1 Å². The van der Waals surface area contributed by atoms with E-state index in [1.54, 1.807) is 0 Å². The number of nitrogens with two attached hydrogens (primary N) is 1. The third-order valence-electron chi connectivity index (χ3n) is 3.94. The number of nitrogens with zero attached hydrogens (tertiary/aromatic N) is 2. The molecule has 0 saturated carbocycles. The van der Waals surface area contributed by atoms with Gasteiger partial charge in [0, 0.05) is 25.8 Å². The lowest BCUT2D eigenvalue weighted by atomic mass is 9.93. The molecule has 102 valence electrons. The molecule has 0 aliphatic carbocycles. The molecule has 0 radical (unpaired) electrons. The lowest BCUT2D eigenvalue weighted by Gasteiger charge is -2.25. The van der Waals surface area contributed by atoms with Gasteiger partial charge in [-0.15, -0.1) is 0 Å². The van der Waals surface area contributed by atoms with Gasteiger partial charge in [-0.25, -0.2) is 4.98 Å². The third kappa shape index (κ3) is 2.96. The molecule has 4 nitrogen and oxygen atoms in total. The minimum absolute atomic E-state index is 0.195. The van der Waals surface area contributed by atoms with Crippen molar-refractivity contribution in [2.75, 3.05) is 13.2 Å². The van der Waals surface area contributed by atoms with Gasteiger partial charge in [0.05, 0.1) is 17.4 Å². The van der Waals surface area contributed by atoms with Crippen LogP contribution in [0.4, 0.5) is 0 Å². The second-order valence-corrected chi connectivity index (χ2v) is 5.44. The SMILES string of the molecule is NC(CC1CCOCC1)Cn1cnc2ccccc21. The first kappa shape index (κ1) is 12.6. The van der Waals surface area contributed by atoms with E-state index in [2.05, 4.69) is 15.6 Å². The van der Waals surface area contributed by atoms with E-state index < -0.39 is 0 Å². The van der Waals surface area contributed by atoms with Gasteiger partial charge in [0.25, 0.3) is 0 Å². The quantitative estimate of drug-likeness (QED) is 0.915. The maximum atomic E-state index is 6.30. The van der Waals surface area contributed by atoms with E-state index in [0.717, 1.165) is 50.5 Å². The Morgan fingerprint density at radius 2 is 2.11 bits per heavy atom. The number of hydrogen-bond donors (Lipinski definition) is 1. The van der Waals surface area contributed by atoms with Gasteiger partial charge < -0.3 is 15.0 Å². The van der Waals surface area contributed by atoms with Crippen LogP contribution in [-0.4, -0.2) is 28.8 Å². The smallest absolute Gasteiger partial charge is 0.0958 e. The number of hydrogen-bond acceptors (Lipinski definition) is 3. The van der Waals surface area contributed by atoms with Crippen LogP contribution in [0.25, 0.3) is 11.0 Å². The van der Waals surface area contributed by atoms with E-state index in [9.17, 15) is 0 Å². The van der Waals surface area contributed by atoms with Gasteiger partial charge in [-0.3, -0.25) is 0 Å². The zero-order valence-corrected chi connectivity index (χ0v) is 11.2. The molecule has 1 atom stereocenters. The van der Waals surface area contributed by atoms with Crippen LogP contribution in [0.15, 0.2) is 30.6 Å². The van der Waals surface area contributed by atoms with Crippen molar-refractivity contribution >= 4 is 11.0 Å². The van der Waals surface area contributed by atoms with Crippen molar-refractivity contribution in [3.05, 3.63) is 30.6 Å². The van der Waals surface area contributed by atoms with Gasteiger partial charge in [0.15, 0.2) is 0 Å². The Morgan fingerprint density at radius 1 is 1.32 bits per heavy atom. The fourth-order valence-electron chi connectivity index (χ4n) is 2.89. The first-order valence-electron chi connectivity index (χ1n) is 7.06. The average Bonchev–Trinajstić information content (AvgIpc) is 2.83. The van der Waals surface area contributed by atoms with Crippen molar-refractivity contribution in [2.45, 2.75) is 31.8 Å². The number of ether oxygens (including phenoxy) is 1. The normalized spacial score (nSPS) is 18.8. The third-order valence-corrected chi connectivity index (χ3v) is 3.94. The van der Waals surface area contributed by atoms with Crippen LogP contribution in [0.1, 0.15) is 19.3 Å². The van der Waals surface area contributed by atoms with Gasteiger partial charge in [-0.2, -0.15) is 0 Å². The lowest BCUT2D eigenvalue weighted by Crippen LogP contribution is -2.30. The topological polar surface area (TPSA) is 53.1 Å². The fraction of sp³-hybridized carbons (Fsp3) is 0.533. The van der Waals surface area contributed by atoms with E-state index in [1.807, 2.05) is 24.5 Å². The van der Waals surface area contributed by atoms with E-state index in [4.69, 9.17) is 10.5 Å². The summed E-state index contributed by atoms with van der Waals surface area (Å²) in [5.74, 6) is 0.721. The molecule has 1 aromatic carbocycles.